The second-order valence-electron chi connectivity index (χ2n) is 8.24. The Labute approximate surface area is 188 Å². The molecule has 3 aromatic carbocycles. The van der Waals surface area contributed by atoms with Gasteiger partial charge in [0, 0.05) is 18.9 Å². The lowest BCUT2D eigenvalue weighted by atomic mass is 9.76. The molecular weight excluding hydrogens is 402 g/mol. The van der Waals surface area contributed by atoms with E-state index in [1.54, 1.807) is 6.92 Å². The SMILES string of the molecule is CC(=O)NC1(CCc2ccc(CCC(=O)O)cc2)c2ccccc2COc2ccccc21. The molecule has 0 saturated heterocycles. The smallest absolute Gasteiger partial charge is 0.303 e. The van der Waals surface area contributed by atoms with Gasteiger partial charge in [-0.1, -0.05) is 66.7 Å². The van der Waals surface area contributed by atoms with Gasteiger partial charge in [0.25, 0.3) is 0 Å². The van der Waals surface area contributed by atoms with Crippen LogP contribution in [0.25, 0.3) is 0 Å². The summed E-state index contributed by atoms with van der Waals surface area (Å²) in [7, 11) is 0. The molecule has 3 aromatic rings. The molecular formula is C27H27NO4. The average Bonchev–Trinajstić information content (AvgIpc) is 2.92. The topological polar surface area (TPSA) is 75.6 Å². The minimum absolute atomic E-state index is 0.0967. The van der Waals surface area contributed by atoms with Crippen LogP contribution < -0.4 is 10.1 Å². The van der Waals surface area contributed by atoms with E-state index in [4.69, 9.17) is 9.84 Å². The molecule has 0 radical (unpaired) electrons. The number of aliphatic carboxylic acids is 1. The molecule has 0 aromatic heterocycles. The van der Waals surface area contributed by atoms with Gasteiger partial charge in [-0.05, 0) is 47.6 Å². The number of carbonyl (C=O) groups excluding carboxylic acids is 1. The molecule has 1 unspecified atom stereocenters. The zero-order chi connectivity index (χ0) is 22.6. The highest BCUT2D eigenvalue weighted by Crippen LogP contribution is 2.43. The number of amides is 1. The molecule has 5 heteroatoms. The molecule has 1 heterocycles. The van der Waals surface area contributed by atoms with Crippen LogP contribution in [0.2, 0.25) is 0 Å². The Morgan fingerprint density at radius 2 is 1.53 bits per heavy atom. The standard InChI is InChI=1S/C27H27NO4/c1-19(29)28-27(17-16-21-12-10-20(11-13-21)14-15-26(30)31)23-7-3-2-6-22(23)18-32-25-9-5-4-8-24(25)27/h2-13H,14-18H2,1H3,(H,28,29)(H,30,31). The van der Waals surface area contributed by atoms with Crippen LogP contribution in [-0.2, 0) is 34.6 Å². The van der Waals surface area contributed by atoms with Crippen molar-refractivity contribution in [3.8, 4) is 5.75 Å². The van der Waals surface area contributed by atoms with E-state index in [0.717, 1.165) is 40.0 Å². The van der Waals surface area contributed by atoms with E-state index >= 15 is 0 Å². The maximum atomic E-state index is 12.4. The quantitative estimate of drug-likeness (QED) is 0.575. The Hall–Kier alpha value is -3.60. The second-order valence-corrected chi connectivity index (χ2v) is 8.24. The predicted molar refractivity (Wildman–Crippen MR) is 123 cm³/mol. The molecule has 0 saturated carbocycles. The van der Waals surface area contributed by atoms with Crippen LogP contribution in [0.3, 0.4) is 0 Å². The lowest BCUT2D eigenvalue weighted by Crippen LogP contribution is -2.46. The van der Waals surface area contributed by atoms with Gasteiger partial charge in [0.2, 0.25) is 5.91 Å². The molecule has 0 aliphatic carbocycles. The number of ether oxygens (including phenoxy) is 1. The van der Waals surface area contributed by atoms with Crippen molar-refractivity contribution in [3.63, 3.8) is 0 Å². The number of hydrogen-bond acceptors (Lipinski definition) is 3. The van der Waals surface area contributed by atoms with E-state index < -0.39 is 11.5 Å². The number of carboxylic acids is 1. The minimum atomic E-state index is -0.792. The van der Waals surface area contributed by atoms with Crippen molar-refractivity contribution in [2.75, 3.05) is 0 Å². The molecule has 1 aliphatic heterocycles. The van der Waals surface area contributed by atoms with Crippen LogP contribution >= 0.6 is 0 Å². The van der Waals surface area contributed by atoms with Crippen LogP contribution in [-0.4, -0.2) is 17.0 Å². The highest BCUT2D eigenvalue weighted by molar-refractivity contribution is 5.76. The predicted octanol–water partition coefficient (Wildman–Crippen LogP) is 4.61. The summed E-state index contributed by atoms with van der Waals surface area (Å²) in [5.41, 5.74) is 4.50. The van der Waals surface area contributed by atoms with Crippen LogP contribution in [0.4, 0.5) is 0 Å². The van der Waals surface area contributed by atoms with Gasteiger partial charge in [-0.25, -0.2) is 0 Å². The summed E-state index contributed by atoms with van der Waals surface area (Å²) in [6, 6.07) is 24.1. The molecule has 2 N–H and O–H groups in total. The molecule has 1 amide bonds. The maximum absolute atomic E-state index is 12.4. The largest absolute Gasteiger partial charge is 0.489 e. The van der Waals surface area contributed by atoms with Crippen LogP contribution in [0.1, 0.15) is 47.6 Å². The number of rotatable bonds is 7. The Balaban J connectivity index is 1.70. The first kappa shape index (κ1) is 21.6. The third-order valence-electron chi connectivity index (χ3n) is 6.04. The fraction of sp³-hybridized carbons (Fsp3) is 0.259. The number of para-hydroxylation sites is 1. The molecule has 0 spiro atoms. The highest BCUT2D eigenvalue weighted by Gasteiger charge is 2.40. The molecule has 1 atom stereocenters. The number of aryl methyl sites for hydroxylation is 2. The third-order valence-corrected chi connectivity index (χ3v) is 6.04. The van der Waals surface area contributed by atoms with E-state index in [2.05, 4.69) is 17.4 Å². The fourth-order valence-corrected chi connectivity index (χ4v) is 4.53. The lowest BCUT2D eigenvalue weighted by Gasteiger charge is -2.36. The molecule has 4 rings (SSSR count). The first-order chi connectivity index (χ1) is 15.5. The van der Waals surface area contributed by atoms with Crippen LogP contribution in [0.5, 0.6) is 5.75 Å². The van der Waals surface area contributed by atoms with Gasteiger partial charge < -0.3 is 15.2 Å². The summed E-state index contributed by atoms with van der Waals surface area (Å²) in [6.07, 6.45) is 2.04. The van der Waals surface area contributed by atoms with Crippen molar-refractivity contribution in [1.29, 1.82) is 0 Å². The van der Waals surface area contributed by atoms with E-state index in [0.29, 0.717) is 19.4 Å². The summed E-state index contributed by atoms with van der Waals surface area (Å²) in [5, 5.41) is 12.2. The number of benzene rings is 3. The minimum Gasteiger partial charge on any atom is -0.489 e. The molecule has 0 fully saturated rings. The van der Waals surface area contributed by atoms with Gasteiger partial charge in [0.1, 0.15) is 12.4 Å². The number of carboxylic acid groups (broad SMARTS) is 1. The fourth-order valence-electron chi connectivity index (χ4n) is 4.53. The van der Waals surface area contributed by atoms with Crippen molar-refractivity contribution in [2.24, 2.45) is 0 Å². The van der Waals surface area contributed by atoms with Crippen molar-refractivity contribution in [1.82, 2.24) is 5.32 Å². The molecule has 164 valence electrons. The Kier molecular flexibility index (Phi) is 6.26. The third kappa shape index (κ3) is 4.52. The van der Waals surface area contributed by atoms with Gasteiger partial charge in [-0.3, -0.25) is 9.59 Å². The Bertz CT molecular complexity index is 1070. The van der Waals surface area contributed by atoms with Gasteiger partial charge in [0.15, 0.2) is 0 Å². The van der Waals surface area contributed by atoms with Crippen molar-refractivity contribution >= 4 is 11.9 Å². The zero-order valence-electron chi connectivity index (χ0n) is 18.1. The second kappa shape index (κ2) is 9.27. The lowest BCUT2D eigenvalue weighted by molar-refractivity contribution is -0.137. The van der Waals surface area contributed by atoms with Gasteiger partial charge in [-0.15, -0.1) is 0 Å². The Morgan fingerprint density at radius 1 is 0.906 bits per heavy atom. The van der Waals surface area contributed by atoms with Gasteiger partial charge in [0.05, 0.1) is 5.54 Å². The molecule has 5 nitrogen and oxygen atoms in total. The van der Waals surface area contributed by atoms with Crippen molar-refractivity contribution in [2.45, 2.75) is 44.8 Å². The number of fused-ring (bicyclic) bond motifs is 2. The summed E-state index contributed by atoms with van der Waals surface area (Å²) in [5.74, 6) is -0.110. The summed E-state index contributed by atoms with van der Waals surface area (Å²) in [6.45, 7) is 2.00. The number of carbonyl (C=O) groups is 2. The van der Waals surface area contributed by atoms with Crippen LogP contribution in [0.15, 0.2) is 72.8 Å². The molecule has 32 heavy (non-hydrogen) atoms. The van der Waals surface area contributed by atoms with Gasteiger partial charge in [-0.2, -0.15) is 0 Å². The normalized spacial score (nSPS) is 16.8. The maximum Gasteiger partial charge on any atom is 0.303 e. The first-order valence-corrected chi connectivity index (χ1v) is 10.9. The number of hydrogen-bond donors (Lipinski definition) is 2. The highest BCUT2D eigenvalue weighted by atomic mass is 16.5. The van der Waals surface area contributed by atoms with E-state index in [9.17, 15) is 9.59 Å². The average molecular weight is 430 g/mol. The monoisotopic (exact) mass is 429 g/mol. The molecule has 0 bridgehead atoms. The van der Waals surface area contributed by atoms with E-state index in [-0.39, 0.29) is 12.3 Å². The zero-order valence-corrected chi connectivity index (χ0v) is 18.1. The molecule has 1 aliphatic rings. The van der Waals surface area contributed by atoms with Gasteiger partial charge >= 0.3 is 5.97 Å². The van der Waals surface area contributed by atoms with Crippen LogP contribution in [0, 0.1) is 0 Å². The summed E-state index contributed by atoms with van der Waals surface area (Å²) in [4.78, 5) is 23.3. The number of nitrogens with one attached hydrogen (secondary N) is 1. The van der Waals surface area contributed by atoms with E-state index in [1.807, 2.05) is 60.7 Å². The van der Waals surface area contributed by atoms with Crippen molar-refractivity contribution in [3.05, 3.63) is 101 Å². The summed E-state index contributed by atoms with van der Waals surface area (Å²) >= 11 is 0. The first-order valence-electron chi connectivity index (χ1n) is 10.9. The van der Waals surface area contributed by atoms with E-state index in [1.165, 1.54) is 0 Å². The Morgan fingerprint density at radius 3 is 2.22 bits per heavy atom. The van der Waals surface area contributed by atoms with Crippen molar-refractivity contribution < 1.29 is 19.4 Å². The summed E-state index contributed by atoms with van der Waals surface area (Å²) < 4.78 is 6.13.